The molecule has 4 nitrogen and oxygen atoms in total. The summed E-state index contributed by atoms with van der Waals surface area (Å²) >= 11 is 3.43. The molecule has 1 aliphatic heterocycles. The molecule has 2 rings (SSSR count). The number of halogens is 1. The summed E-state index contributed by atoms with van der Waals surface area (Å²) in [5.74, 6) is 0.00578. The molecular weight excluding hydrogens is 270 g/mol. The van der Waals surface area contributed by atoms with Crippen LogP contribution < -0.4 is 16.4 Å². The van der Waals surface area contributed by atoms with Gasteiger partial charge in [0.1, 0.15) is 6.29 Å². The molecule has 1 aromatic rings. The van der Waals surface area contributed by atoms with Gasteiger partial charge in [0.2, 0.25) is 5.91 Å². The fraction of sp³-hybridized carbons (Fsp3) is 0.364. The summed E-state index contributed by atoms with van der Waals surface area (Å²) in [4.78, 5) is 11.3. The van der Waals surface area contributed by atoms with Gasteiger partial charge < -0.3 is 5.32 Å². The SMILES string of the molecule is NC1NC(=O)CC(Cc2cccc(Br)c2)N1. The van der Waals surface area contributed by atoms with Crippen LogP contribution in [-0.2, 0) is 11.2 Å². The zero-order valence-electron chi connectivity index (χ0n) is 8.74. The topological polar surface area (TPSA) is 67.1 Å². The lowest BCUT2D eigenvalue weighted by Gasteiger charge is -2.29. The lowest BCUT2D eigenvalue weighted by Crippen LogP contribution is -2.61. The van der Waals surface area contributed by atoms with E-state index >= 15 is 0 Å². The molecule has 1 fully saturated rings. The van der Waals surface area contributed by atoms with Gasteiger partial charge in [0.15, 0.2) is 0 Å². The maximum atomic E-state index is 11.3. The Morgan fingerprint density at radius 3 is 3.00 bits per heavy atom. The quantitative estimate of drug-likeness (QED) is 0.749. The lowest BCUT2D eigenvalue weighted by molar-refractivity contribution is -0.124. The van der Waals surface area contributed by atoms with E-state index in [9.17, 15) is 4.79 Å². The summed E-state index contributed by atoms with van der Waals surface area (Å²) < 4.78 is 1.05. The molecule has 1 aromatic carbocycles. The van der Waals surface area contributed by atoms with Crippen LogP contribution in [0.4, 0.5) is 0 Å². The second-order valence-electron chi connectivity index (χ2n) is 3.95. The maximum absolute atomic E-state index is 11.3. The highest BCUT2D eigenvalue weighted by atomic mass is 79.9. The van der Waals surface area contributed by atoms with Gasteiger partial charge in [-0.2, -0.15) is 0 Å². The van der Waals surface area contributed by atoms with Gasteiger partial charge in [-0.1, -0.05) is 28.1 Å². The summed E-state index contributed by atoms with van der Waals surface area (Å²) in [6.45, 7) is 0. The van der Waals surface area contributed by atoms with Crippen molar-refractivity contribution in [2.24, 2.45) is 5.73 Å². The molecule has 5 heteroatoms. The third kappa shape index (κ3) is 3.04. The van der Waals surface area contributed by atoms with Crippen LogP contribution in [0.3, 0.4) is 0 Å². The molecule has 4 N–H and O–H groups in total. The molecule has 2 unspecified atom stereocenters. The van der Waals surface area contributed by atoms with Crippen molar-refractivity contribution < 1.29 is 4.79 Å². The number of carbonyl (C=O) groups excluding carboxylic acids is 1. The van der Waals surface area contributed by atoms with Crippen LogP contribution in [0.1, 0.15) is 12.0 Å². The number of hydrogen-bond donors (Lipinski definition) is 3. The van der Waals surface area contributed by atoms with Crippen LogP contribution in [0.15, 0.2) is 28.7 Å². The van der Waals surface area contributed by atoms with Crippen LogP contribution in [-0.4, -0.2) is 18.2 Å². The summed E-state index contributed by atoms with van der Waals surface area (Å²) in [5, 5.41) is 5.77. The lowest BCUT2D eigenvalue weighted by atomic mass is 10.0. The van der Waals surface area contributed by atoms with E-state index in [0.29, 0.717) is 6.42 Å². The molecule has 0 saturated carbocycles. The molecule has 0 spiro atoms. The van der Waals surface area contributed by atoms with E-state index in [1.165, 1.54) is 5.56 Å². The van der Waals surface area contributed by atoms with Gasteiger partial charge in [-0.3, -0.25) is 15.8 Å². The molecule has 2 atom stereocenters. The van der Waals surface area contributed by atoms with Gasteiger partial charge in [0.25, 0.3) is 0 Å². The highest BCUT2D eigenvalue weighted by molar-refractivity contribution is 9.10. The molecule has 0 aromatic heterocycles. The third-order valence-electron chi connectivity index (χ3n) is 2.53. The molecule has 0 radical (unpaired) electrons. The van der Waals surface area contributed by atoms with Crippen molar-refractivity contribution in [2.45, 2.75) is 25.2 Å². The number of amides is 1. The molecule has 16 heavy (non-hydrogen) atoms. The highest BCUT2D eigenvalue weighted by Crippen LogP contribution is 2.14. The first-order chi connectivity index (χ1) is 7.63. The minimum absolute atomic E-state index is 0.00578. The van der Waals surface area contributed by atoms with Crippen LogP contribution in [0.2, 0.25) is 0 Å². The van der Waals surface area contributed by atoms with Crippen molar-refractivity contribution >= 4 is 21.8 Å². The average molecular weight is 284 g/mol. The number of hydrogen-bond acceptors (Lipinski definition) is 3. The zero-order valence-corrected chi connectivity index (χ0v) is 10.3. The number of nitrogens with one attached hydrogen (secondary N) is 2. The normalized spacial score (nSPS) is 25.2. The summed E-state index contributed by atoms with van der Waals surface area (Å²) in [6.07, 6.45) is 0.847. The highest BCUT2D eigenvalue weighted by Gasteiger charge is 2.23. The largest absolute Gasteiger partial charge is 0.328 e. The minimum Gasteiger partial charge on any atom is -0.328 e. The molecule has 1 amide bonds. The van der Waals surface area contributed by atoms with Crippen molar-refractivity contribution in [3.63, 3.8) is 0 Å². The van der Waals surface area contributed by atoms with Gasteiger partial charge in [-0.05, 0) is 24.1 Å². The molecule has 1 heterocycles. The minimum atomic E-state index is -0.432. The second kappa shape index (κ2) is 4.95. The summed E-state index contributed by atoms with van der Waals surface area (Å²) in [6, 6.07) is 8.18. The Balaban J connectivity index is 2.01. The fourth-order valence-electron chi connectivity index (χ4n) is 1.89. The Bertz CT molecular complexity index is 397. The van der Waals surface area contributed by atoms with E-state index in [-0.39, 0.29) is 11.9 Å². The average Bonchev–Trinajstić information content (AvgIpc) is 2.15. The number of benzene rings is 1. The Morgan fingerprint density at radius 2 is 2.31 bits per heavy atom. The number of nitrogens with two attached hydrogens (primary N) is 1. The van der Waals surface area contributed by atoms with E-state index in [0.717, 1.165) is 10.9 Å². The second-order valence-corrected chi connectivity index (χ2v) is 4.86. The van der Waals surface area contributed by atoms with E-state index in [1.54, 1.807) is 0 Å². The van der Waals surface area contributed by atoms with Gasteiger partial charge in [0.05, 0.1) is 0 Å². The first-order valence-corrected chi connectivity index (χ1v) is 5.98. The Morgan fingerprint density at radius 1 is 1.50 bits per heavy atom. The predicted molar refractivity (Wildman–Crippen MR) is 65.5 cm³/mol. The molecule has 86 valence electrons. The van der Waals surface area contributed by atoms with Gasteiger partial charge in [-0.15, -0.1) is 0 Å². The van der Waals surface area contributed by atoms with Crippen LogP contribution in [0, 0.1) is 0 Å². The molecular formula is C11H14BrN3O. The fourth-order valence-corrected chi connectivity index (χ4v) is 2.34. The summed E-state index contributed by atoms with van der Waals surface area (Å²) in [5.41, 5.74) is 6.84. The van der Waals surface area contributed by atoms with Crippen molar-refractivity contribution in [3.05, 3.63) is 34.3 Å². The van der Waals surface area contributed by atoms with Crippen LogP contribution >= 0.6 is 15.9 Å². The Kier molecular flexibility index (Phi) is 3.58. The van der Waals surface area contributed by atoms with E-state index in [2.05, 4.69) is 32.6 Å². The zero-order chi connectivity index (χ0) is 11.5. The Labute approximate surface area is 103 Å². The van der Waals surface area contributed by atoms with Crippen molar-refractivity contribution in [1.82, 2.24) is 10.6 Å². The Hall–Kier alpha value is -0.910. The number of rotatable bonds is 2. The standard InChI is InChI=1S/C11H14BrN3O/c12-8-3-1-2-7(4-8)5-9-6-10(16)15-11(13)14-9/h1-4,9,11,14H,5-6,13H2,(H,15,16). The molecule has 0 aliphatic carbocycles. The van der Waals surface area contributed by atoms with Gasteiger partial charge >= 0.3 is 0 Å². The third-order valence-corrected chi connectivity index (χ3v) is 3.03. The van der Waals surface area contributed by atoms with Gasteiger partial charge in [0, 0.05) is 16.9 Å². The van der Waals surface area contributed by atoms with Crippen LogP contribution in [0.25, 0.3) is 0 Å². The summed E-state index contributed by atoms with van der Waals surface area (Å²) in [7, 11) is 0. The number of carbonyl (C=O) groups is 1. The smallest absolute Gasteiger partial charge is 0.223 e. The van der Waals surface area contributed by atoms with Crippen LogP contribution in [0.5, 0.6) is 0 Å². The molecule has 1 aliphatic rings. The first kappa shape index (κ1) is 11.6. The van der Waals surface area contributed by atoms with Crippen molar-refractivity contribution in [2.75, 3.05) is 0 Å². The maximum Gasteiger partial charge on any atom is 0.223 e. The first-order valence-electron chi connectivity index (χ1n) is 5.19. The van der Waals surface area contributed by atoms with E-state index < -0.39 is 6.29 Å². The van der Waals surface area contributed by atoms with Crippen molar-refractivity contribution in [3.8, 4) is 0 Å². The molecule has 0 bridgehead atoms. The van der Waals surface area contributed by atoms with E-state index in [4.69, 9.17) is 5.73 Å². The van der Waals surface area contributed by atoms with Gasteiger partial charge in [-0.25, -0.2) is 0 Å². The predicted octanol–water partition coefficient (Wildman–Crippen LogP) is 0.712. The van der Waals surface area contributed by atoms with Crippen molar-refractivity contribution in [1.29, 1.82) is 0 Å². The monoisotopic (exact) mass is 283 g/mol. The van der Waals surface area contributed by atoms with E-state index in [1.807, 2.05) is 18.2 Å². The molecule has 1 saturated heterocycles.